The van der Waals surface area contributed by atoms with Crippen molar-refractivity contribution in [2.45, 2.75) is 26.8 Å². The number of aryl methyl sites for hydroxylation is 2. The molecule has 1 aliphatic heterocycles. The molecular formula is C20H20N2O2. The van der Waals surface area contributed by atoms with Crippen LogP contribution in [0.1, 0.15) is 40.0 Å². The van der Waals surface area contributed by atoms with Gasteiger partial charge in [-0.15, -0.1) is 0 Å². The number of Topliss-reactive ketones (excluding diaryl/α,β-unsaturated/α-hetero) is 1. The first-order valence-corrected chi connectivity index (χ1v) is 7.92. The minimum atomic E-state index is -0.452. The van der Waals surface area contributed by atoms with E-state index in [1.165, 1.54) is 0 Å². The fourth-order valence-electron chi connectivity index (χ4n) is 3.04. The Bertz CT molecular complexity index is 838. The molecule has 0 spiro atoms. The monoisotopic (exact) mass is 320 g/mol. The second kappa shape index (κ2) is 6.32. The van der Waals surface area contributed by atoms with Crippen molar-refractivity contribution in [1.82, 2.24) is 10.6 Å². The molecule has 3 rings (SSSR count). The highest BCUT2D eigenvalue weighted by Crippen LogP contribution is 2.31. The maximum Gasteiger partial charge on any atom is 0.319 e. The molecule has 1 aliphatic rings. The zero-order valence-electron chi connectivity index (χ0n) is 14.0. The van der Waals surface area contributed by atoms with E-state index in [0.29, 0.717) is 16.8 Å². The molecule has 0 aromatic heterocycles. The minimum absolute atomic E-state index is 0.0773. The predicted molar refractivity (Wildman–Crippen MR) is 93.8 cm³/mol. The van der Waals surface area contributed by atoms with Crippen LogP contribution in [0.4, 0.5) is 4.79 Å². The number of amides is 2. The average molecular weight is 320 g/mol. The summed E-state index contributed by atoms with van der Waals surface area (Å²) in [6.07, 6.45) is 0. The number of carbonyl (C=O) groups is 2. The Morgan fingerprint density at radius 3 is 2.42 bits per heavy atom. The lowest BCUT2D eigenvalue weighted by Gasteiger charge is -2.30. The van der Waals surface area contributed by atoms with Gasteiger partial charge < -0.3 is 10.6 Å². The first-order chi connectivity index (χ1) is 11.5. The van der Waals surface area contributed by atoms with Crippen molar-refractivity contribution in [3.8, 4) is 0 Å². The van der Waals surface area contributed by atoms with Crippen molar-refractivity contribution in [2.75, 3.05) is 0 Å². The normalized spacial score (nSPS) is 17.3. The van der Waals surface area contributed by atoms with Crippen molar-refractivity contribution in [1.29, 1.82) is 0 Å². The van der Waals surface area contributed by atoms with Crippen molar-refractivity contribution in [3.63, 3.8) is 0 Å². The molecule has 0 bridgehead atoms. The Morgan fingerprint density at radius 2 is 1.71 bits per heavy atom. The molecule has 0 aliphatic carbocycles. The van der Waals surface area contributed by atoms with Gasteiger partial charge in [-0.3, -0.25) is 4.79 Å². The molecule has 0 fully saturated rings. The summed E-state index contributed by atoms with van der Waals surface area (Å²) >= 11 is 0. The maximum absolute atomic E-state index is 13.0. The molecule has 24 heavy (non-hydrogen) atoms. The van der Waals surface area contributed by atoms with Crippen LogP contribution in [-0.2, 0) is 0 Å². The van der Waals surface area contributed by atoms with Crippen LogP contribution in [0.3, 0.4) is 0 Å². The zero-order valence-corrected chi connectivity index (χ0v) is 14.0. The molecule has 0 saturated carbocycles. The molecule has 122 valence electrons. The van der Waals surface area contributed by atoms with E-state index in [0.717, 1.165) is 16.7 Å². The van der Waals surface area contributed by atoms with E-state index >= 15 is 0 Å². The van der Waals surface area contributed by atoms with Gasteiger partial charge in [-0.05, 0) is 31.9 Å². The van der Waals surface area contributed by atoms with Crippen LogP contribution in [0.15, 0.2) is 59.8 Å². The van der Waals surface area contributed by atoms with Gasteiger partial charge in [0.05, 0.1) is 6.04 Å². The van der Waals surface area contributed by atoms with Crippen LogP contribution in [-0.4, -0.2) is 11.8 Å². The third-order valence-corrected chi connectivity index (χ3v) is 4.30. The molecule has 0 radical (unpaired) electrons. The fourth-order valence-corrected chi connectivity index (χ4v) is 3.04. The first-order valence-electron chi connectivity index (χ1n) is 7.92. The lowest BCUT2D eigenvalue weighted by atomic mass is 9.87. The van der Waals surface area contributed by atoms with E-state index < -0.39 is 6.04 Å². The highest BCUT2D eigenvalue weighted by molar-refractivity contribution is 6.11. The second-order valence-electron chi connectivity index (χ2n) is 6.13. The molecule has 2 amide bonds. The van der Waals surface area contributed by atoms with Gasteiger partial charge in [0.25, 0.3) is 0 Å². The van der Waals surface area contributed by atoms with Gasteiger partial charge in [0, 0.05) is 16.8 Å². The summed E-state index contributed by atoms with van der Waals surface area (Å²) in [5, 5.41) is 5.63. The summed E-state index contributed by atoms with van der Waals surface area (Å²) in [6.45, 7) is 5.76. The Hall–Kier alpha value is -2.88. The van der Waals surface area contributed by atoms with Crippen LogP contribution in [0.2, 0.25) is 0 Å². The number of hydrogen-bond acceptors (Lipinski definition) is 2. The maximum atomic E-state index is 13.0. The Balaban J connectivity index is 2.12. The SMILES string of the molecule is CC1=C(C(=O)c2ccccc2)[C@@H](c2cc(C)ccc2C)NC(=O)N1. The van der Waals surface area contributed by atoms with E-state index in [1.54, 1.807) is 19.1 Å². The Morgan fingerprint density at radius 1 is 1.00 bits per heavy atom. The molecule has 4 nitrogen and oxygen atoms in total. The van der Waals surface area contributed by atoms with Crippen LogP contribution >= 0.6 is 0 Å². The number of ketones is 1. The number of rotatable bonds is 3. The smallest absolute Gasteiger partial charge is 0.319 e. The lowest BCUT2D eigenvalue weighted by Crippen LogP contribution is -2.45. The number of carbonyl (C=O) groups excluding carboxylic acids is 2. The number of nitrogens with one attached hydrogen (secondary N) is 2. The third kappa shape index (κ3) is 2.95. The van der Waals surface area contributed by atoms with Crippen LogP contribution in [0.25, 0.3) is 0 Å². The molecule has 2 aromatic rings. The number of hydrogen-bond donors (Lipinski definition) is 2. The number of benzene rings is 2. The third-order valence-electron chi connectivity index (χ3n) is 4.30. The van der Waals surface area contributed by atoms with Crippen molar-refractivity contribution in [2.24, 2.45) is 0 Å². The van der Waals surface area contributed by atoms with Crippen molar-refractivity contribution in [3.05, 3.63) is 82.1 Å². The van der Waals surface area contributed by atoms with E-state index in [4.69, 9.17) is 0 Å². The molecule has 4 heteroatoms. The molecule has 2 aromatic carbocycles. The lowest BCUT2D eigenvalue weighted by molar-refractivity contribution is 0.102. The molecule has 0 unspecified atom stereocenters. The molecule has 2 N–H and O–H groups in total. The second-order valence-corrected chi connectivity index (χ2v) is 6.13. The van der Waals surface area contributed by atoms with Crippen LogP contribution in [0, 0.1) is 13.8 Å². The van der Waals surface area contributed by atoms with Crippen LogP contribution in [0.5, 0.6) is 0 Å². The number of urea groups is 1. The average Bonchev–Trinajstić information content (AvgIpc) is 2.56. The molecule has 0 saturated heterocycles. The van der Waals surface area contributed by atoms with Gasteiger partial charge in [-0.25, -0.2) is 4.79 Å². The van der Waals surface area contributed by atoms with Crippen molar-refractivity contribution >= 4 is 11.8 Å². The highest BCUT2D eigenvalue weighted by atomic mass is 16.2. The summed E-state index contributed by atoms with van der Waals surface area (Å²) in [6, 6.07) is 14.5. The van der Waals surface area contributed by atoms with Crippen LogP contribution < -0.4 is 10.6 Å². The van der Waals surface area contributed by atoms with Crippen molar-refractivity contribution < 1.29 is 9.59 Å². The highest BCUT2D eigenvalue weighted by Gasteiger charge is 2.32. The van der Waals surface area contributed by atoms with E-state index in [-0.39, 0.29) is 11.8 Å². The summed E-state index contributed by atoms with van der Waals surface area (Å²) in [5.74, 6) is -0.0773. The quantitative estimate of drug-likeness (QED) is 0.845. The van der Waals surface area contributed by atoms with Gasteiger partial charge in [0.2, 0.25) is 0 Å². The van der Waals surface area contributed by atoms with E-state index in [1.807, 2.05) is 50.2 Å². The predicted octanol–water partition coefficient (Wildman–Crippen LogP) is 3.81. The topological polar surface area (TPSA) is 58.2 Å². The fraction of sp³-hybridized carbons (Fsp3) is 0.200. The molecular weight excluding hydrogens is 300 g/mol. The molecule has 1 atom stereocenters. The largest absolute Gasteiger partial charge is 0.327 e. The van der Waals surface area contributed by atoms with E-state index in [9.17, 15) is 9.59 Å². The Labute approximate surface area is 141 Å². The summed E-state index contributed by atoms with van der Waals surface area (Å²) in [5.41, 5.74) is 4.86. The van der Waals surface area contributed by atoms with Gasteiger partial charge in [0.15, 0.2) is 5.78 Å². The number of allylic oxidation sites excluding steroid dienone is 1. The summed E-state index contributed by atoms with van der Waals surface area (Å²) < 4.78 is 0. The summed E-state index contributed by atoms with van der Waals surface area (Å²) in [7, 11) is 0. The Kier molecular flexibility index (Phi) is 4.21. The van der Waals surface area contributed by atoms with Gasteiger partial charge >= 0.3 is 6.03 Å². The minimum Gasteiger partial charge on any atom is -0.327 e. The van der Waals surface area contributed by atoms with E-state index in [2.05, 4.69) is 10.6 Å². The zero-order chi connectivity index (χ0) is 17.3. The standard InChI is InChI=1S/C20H20N2O2/c1-12-9-10-13(2)16(11-12)18-17(14(3)21-20(24)22-18)19(23)15-7-5-4-6-8-15/h4-11,18H,1-3H3,(H2,21,22,24)/t18-/m1/s1. The van der Waals surface area contributed by atoms with Gasteiger partial charge in [-0.2, -0.15) is 0 Å². The summed E-state index contributed by atoms with van der Waals surface area (Å²) in [4.78, 5) is 25.0. The first kappa shape index (κ1) is 16.0. The van der Waals surface area contributed by atoms with Gasteiger partial charge in [-0.1, -0.05) is 54.1 Å². The van der Waals surface area contributed by atoms with Gasteiger partial charge in [0.1, 0.15) is 0 Å². The molecule has 1 heterocycles.